The van der Waals surface area contributed by atoms with Crippen LogP contribution in [0.25, 0.3) is 89.3 Å². The number of nitrogens with one attached hydrogen (secondary N) is 4. The maximum atomic E-state index is 12.2. The molecule has 0 aliphatic carbocycles. The Kier molecular flexibility index (Phi) is 33.5. The van der Waals surface area contributed by atoms with Gasteiger partial charge in [0.25, 0.3) is 0 Å². The molecular formula is C81H106BCl2N29O11S3Si3. The summed E-state index contributed by atoms with van der Waals surface area (Å²) >= 11 is 11.7. The van der Waals surface area contributed by atoms with Crippen molar-refractivity contribution in [3.63, 3.8) is 0 Å². The first-order valence-corrected chi connectivity index (χ1v) is 58.3. The standard InChI is InChI=1S/C22H31N7O3SSi.C16H17N7O2S.C15H21N5OSi.C12H18ClN3OSi.C7H10N2O2S.C6H4ClN3.C3H5BN2O2/c1-5-33(30,31)28-14-22(15-28,8-9-23)29-11-7-19(26-29)20-18-6-10-27(21(18)25-16-24-20)17-32-12-13-34(2,3)4;1-2-26(24,25)22-9-16(10-22,5-6-17)23-8-4-13(21-23)14-12-3-7-18-15(12)20-11-19-14;1-22(2,3)9-8-21-11-20-7-5-12-14(13-4-6-18-19-13)16-10-17-15(12)20;1-18(2,3)7-6-17-9-16-5-4-10-11(13)14-8-15-12(10)16;1-2-12(10,11)9-5-7(6-9)3-4-8;7-5-4-1-2-8-6(4)10-3-9-5;7-4(8)3-1-2-5-6-3/h6-7,10-11,16H,5,8,12-15,17H2,1-4H3;3-4,7-8,11H,2,5,9-10H2,1H3,(H,18,19,20);4-7,10H,8-9,11H2,1-3H3,(H,18,19);4-5,8H,6-7,9H2,1-3H3;3H,2,5-6H2,1H3;1-3H,(H,8,9,10);1-2,7-8H,(H,5,6). The van der Waals surface area contributed by atoms with E-state index in [9.17, 15) is 35.8 Å². The van der Waals surface area contributed by atoms with Gasteiger partial charge in [-0.2, -0.15) is 49.1 Å². The Labute approximate surface area is 766 Å². The van der Waals surface area contributed by atoms with Gasteiger partial charge in [0.15, 0.2) is 0 Å². The molecule has 0 unspecified atom stereocenters. The molecular weight excluding hydrogens is 1820 g/mol. The van der Waals surface area contributed by atoms with E-state index in [1.165, 1.54) is 68.7 Å². The number of halogens is 2. The normalized spacial score (nSPS) is 14.5. The number of nitriles is 3. The van der Waals surface area contributed by atoms with E-state index in [4.69, 9.17) is 57.8 Å². The number of hydrogen-bond acceptors (Lipinski definition) is 28. The van der Waals surface area contributed by atoms with Crippen molar-refractivity contribution in [2.75, 3.05) is 76.3 Å². The predicted molar refractivity (Wildman–Crippen MR) is 504 cm³/mol. The van der Waals surface area contributed by atoms with E-state index in [0.717, 1.165) is 98.0 Å². The third-order valence-corrected chi connectivity index (χ3v) is 32.2. The van der Waals surface area contributed by atoms with Crippen molar-refractivity contribution in [1.82, 2.24) is 126 Å². The van der Waals surface area contributed by atoms with Crippen molar-refractivity contribution in [1.29, 1.82) is 15.8 Å². The zero-order valence-corrected chi connectivity index (χ0v) is 81.3. The molecule has 0 bridgehead atoms. The van der Waals surface area contributed by atoms with Crippen molar-refractivity contribution in [2.45, 2.75) is 142 Å². The number of fused-ring (bicyclic) bond motifs is 5. The van der Waals surface area contributed by atoms with Gasteiger partial charge in [-0.3, -0.25) is 19.6 Å². The molecule has 40 nitrogen and oxygen atoms in total. The highest BCUT2D eigenvalue weighted by Gasteiger charge is 2.51. The summed E-state index contributed by atoms with van der Waals surface area (Å²) in [6.45, 7) is 31.4. The SMILES string of the molecule is CCS(=O)(=O)N1CC(=CC#N)C1.CCS(=O)(=O)N1CC(CC#N)(n2ccc(-c3ncnc4[nH]ccc34)n2)C1.CCS(=O)(=O)N1CC(CC#N)(n2ccc(-c3ncnc4c3ccn4COCC[Si](C)(C)C)n2)C1.C[Si](C)(C)CCOCn1ccc2c(-c3ccn[nH]3)ncnc21.C[Si](C)(C)CCOCn1ccc2c(Cl)ncnc21.Clc1ncnc2[nH]ccc12.OB(O)c1ccn[nH]1. The van der Waals surface area contributed by atoms with Gasteiger partial charge >= 0.3 is 7.12 Å². The minimum absolute atomic E-state index is 0.0394. The summed E-state index contributed by atoms with van der Waals surface area (Å²) in [5, 5.41) is 71.2. The van der Waals surface area contributed by atoms with Crippen LogP contribution < -0.4 is 5.59 Å². The Morgan fingerprint density at radius 3 is 1.28 bits per heavy atom. The maximum absolute atomic E-state index is 12.2. The summed E-state index contributed by atoms with van der Waals surface area (Å²) in [7, 11) is -14.2. The third-order valence-electron chi connectivity index (χ3n) is 21.2. The lowest BCUT2D eigenvalue weighted by molar-refractivity contribution is 0.0721. The van der Waals surface area contributed by atoms with Gasteiger partial charge in [0.05, 0.1) is 70.4 Å². The Hall–Kier alpha value is -11.0. The molecule has 3 aliphatic rings. The van der Waals surface area contributed by atoms with Crippen LogP contribution in [0.2, 0.25) is 87.4 Å². The molecule has 0 aromatic carbocycles. The van der Waals surface area contributed by atoms with Crippen LogP contribution in [-0.2, 0) is 75.6 Å². The fourth-order valence-corrected chi connectivity index (χ4v) is 19.6. The van der Waals surface area contributed by atoms with Gasteiger partial charge in [-0.25, -0.2) is 75.1 Å². The number of allylic oxidation sites excluding steroid dienone is 1. The van der Waals surface area contributed by atoms with Crippen molar-refractivity contribution < 1.29 is 49.5 Å². The molecule has 49 heteroatoms. The van der Waals surface area contributed by atoms with E-state index in [-0.39, 0.29) is 56.3 Å². The van der Waals surface area contributed by atoms with Crippen molar-refractivity contribution in [3.8, 4) is 52.4 Å². The number of H-pyrrole nitrogens is 4. The Balaban J connectivity index is 0.000000153. The second-order valence-corrected chi connectivity index (χ2v) is 58.6. The molecule has 17 heterocycles. The Bertz CT molecular complexity index is 6630. The molecule has 0 radical (unpaired) electrons. The van der Waals surface area contributed by atoms with Gasteiger partial charge in [-0.15, -0.1) is 0 Å². The van der Waals surface area contributed by atoms with Gasteiger partial charge in [0.1, 0.15) is 130 Å². The Morgan fingerprint density at radius 2 is 0.869 bits per heavy atom. The van der Waals surface area contributed by atoms with Gasteiger partial charge in [0.2, 0.25) is 30.1 Å². The van der Waals surface area contributed by atoms with Gasteiger partial charge in [-0.05, 0) is 99.1 Å². The van der Waals surface area contributed by atoms with Crippen LogP contribution in [0.15, 0.2) is 154 Å². The number of rotatable bonds is 29. The van der Waals surface area contributed by atoms with Crippen molar-refractivity contribution >= 4 is 145 Å². The maximum Gasteiger partial charge on any atom is 0.507 e. The predicted octanol–water partition coefficient (Wildman–Crippen LogP) is 10.3. The number of nitrogens with zero attached hydrogens (tertiary/aromatic N) is 25. The summed E-state index contributed by atoms with van der Waals surface area (Å²) < 4.78 is 102. The molecule has 0 amide bonds. The van der Waals surface area contributed by atoms with E-state index >= 15 is 0 Å². The molecule has 130 heavy (non-hydrogen) atoms. The topological polar surface area (TPSA) is 520 Å². The average molecular weight is 1920 g/mol. The van der Waals surface area contributed by atoms with Crippen LogP contribution in [-0.4, -0.2) is 269 Å². The minimum atomic E-state index is -3.30. The van der Waals surface area contributed by atoms with Crippen LogP contribution in [0.5, 0.6) is 0 Å². The first kappa shape index (κ1) is 99.5. The molecule has 3 aliphatic heterocycles. The molecule has 17 rings (SSSR count). The monoisotopic (exact) mass is 1920 g/mol. The second-order valence-electron chi connectivity index (χ2n) is 34.3. The highest BCUT2D eigenvalue weighted by molar-refractivity contribution is 7.89. The fourth-order valence-electron chi connectivity index (χ4n) is 13.4. The smallest absolute Gasteiger partial charge is 0.422 e. The number of hydrogen-bond donors (Lipinski definition) is 6. The molecule has 0 atom stereocenters. The molecule has 14 aromatic rings. The molecule has 0 spiro atoms. The van der Waals surface area contributed by atoms with E-state index in [1.54, 1.807) is 67.4 Å². The lowest BCUT2D eigenvalue weighted by Crippen LogP contribution is -2.64. The highest BCUT2D eigenvalue weighted by atomic mass is 35.5. The van der Waals surface area contributed by atoms with E-state index < -0.39 is 72.5 Å². The first-order valence-electron chi connectivity index (χ1n) is 41.6. The summed E-state index contributed by atoms with van der Waals surface area (Å²) in [6.07, 6.45) is 25.4. The van der Waals surface area contributed by atoms with Crippen LogP contribution in [0.3, 0.4) is 0 Å². The number of aromatic nitrogens is 23. The number of aromatic amines is 4. The van der Waals surface area contributed by atoms with Gasteiger partial charge in [0, 0.05) is 161 Å². The fraction of sp³-hybridized carbons (Fsp3) is 0.420. The van der Waals surface area contributed by atoms with E-state index in [1.807, 2.05) is 86.9 Å². The van der Waals surface area contributed by atoms with Crippen LogP contribution in [0.4, 0.5) is 0 Å². The van der Waals surface area contributed by atoms with Crippen molar-refractivity contribution in [2.24, 2.45) is 0 Å². The van der Waals surface area contributed by atoms with E-state index in [2.05, 4.69) is 156 Å². The largest absolute Gasteiger partial charge is 0.507 e. The lowest BCUT2D eigenvalue weighted by Gasteiger charge is -2.47. The lowest BCUT2D eigenvalue weighted by atomic mass is 9.87. The van der Waals surface area contributed by atoms with Gasteiger partial charge in [-0.1, -0.05) is 82.1 Å². The summed E-state index contributed by atoms with van der Waals surface area (Å²) in [5.41, 5.74) is 8.31. The third kappa shape index (κ3) is 25.6. The van der Waals surface area contributed by atoms with Crippen LogP contribution in [0.1, 0.15) is 33.6 Å². The van der Waals surface area contributed by atoms with E-state index in [0.29, 0.717) is 72.0 Å². The Morgan fingerprint density at radius 1 is 0.477 bits per heavy atom. The summed E-state index contributed by atoms with van der Waals surface area (Å²) in [5.74, 6) is 0.219. The van der Waals surface area contributed by atoms with Crippen molar-refractivity contribution in [3.05, 3.63) is 164 Å². The molecule has 0 saturated carbocycles. The zero-order valence-electron chi connectivity index (χ0n) is 74.3. The van der Waals surface area contributed by atoms with Gasteiger partial charge < -0.3 is 47.9 Å². The van der Waals surface area contributed by atoms with Crippen LogP contribution in [0, 0.1) is 34.0 Å². The quantitative estimate of drug-likeness (QED) is 0.0110. The first-order chi connectivity index (χ1) is 61.9. The summed E-state index contributed by atoms with van der Waals surface area (Å²) in [6, 6.07) is 26.4. The molecule has 3 fully saturated rings. The second kappa shape index (κ2) is 43.8. The van der Waals surface area contributed by atoms with Crippen LogP contribution >= 0.6 is 23.2 Å². The minimum Gasteiger partial charge on any atom is -0.422 e. The number of ether oxygens (including phenoxy) is 3. The molecule has 3 saturated heterocycles. The molecule has 14 aromatic heterocycles. The average Bonchev–Trinajstić information content (AvgIpc) is 1.33. The zero-order chi connectivity index (χ0) is 93.8. The summed E-state index contributed by atoms with van der Waals surface area (Å²) in [4.78, 5) is 48.1. The molecule has 6 N–H and O–H groups in total. The number of sulfonamides is 3. The molecule has 688 valence electrons. The highest BCUT2D eigenvalue weighted by Crippen LogP contribution is 2.38.